The van der Waals surface area contributed by atoms with E-state index in [1.165, 1.54) is 14.2 Å². The minimum Gasteiger partial charge on any atom is -0.479 e. The normalized spacial score (nSPS) is 14.0. The van der Waals surface area contributed by atoms with Crippen molar-refractivity contribution < 1.29 is 14.2 Å². The second-order valence-electron chi connectivity index (χ2n) is 8.16. The van der Waals surface area contributed by atoms with Crippen LogP contribution in [0, 0.1) is 12.8 Å². The van der Waals surface area contributed by atoms with Gasteiger partial charge in [0.2, 0.25) is 5.88 Å². The smallest absolute Gasteiger partial charge is 0.319 e. The Morgan fingerprint density at radius 3 is 2.59 bits per heavy atom. The molecule has 34 heavy (non-hydrogen) atoms. The first-order chi connectivity index (χ1) is 16.5. The molecule has 2 aromatic heterocycles. The summed E-state index contributed by atoms with van der Waals surface area (Å²) in [6.45, 7) is 2.83. The number of halogens is 1. The third-order valence-electron chi connectivity index (χ3n) is 5.75. The van der Waals surface area contributed by atoms with Gasteiger partial charge in [-0.2, -0.15) is 9.97 Å². The number of benzene rings is 1. The summed E-state index contributed by atoms with van der Waals surface area (Å²) >= 11 is 6.34. The molecule has 1 atom stereocenters. The van der Waals surface area contributed by atoms with Crippen LogP contribution in [0.4, 0.5) is 11.5 Å². The van der Waals surface area contributed by atoms with Gasteiger partial charge >= 0.3 is 6.01 Å². The molecule has 1 fully saturated rings. The highest BCUT2D eigenvalue weighted by Gasteiger charge is 2.33. The summed E-state index contributed by atoms with van der Waals surface area (Å²) in [5.41, 5.74) is 1.81. The van der Waals surface area contributed by atoms with Crippen LogP contribution in [-0.4, -0.2) is 40.3 Å². The average molecular weight is 486 g/mol. The number of ether oxygens (including phenoxy) is 3. The Morgan fingerprint density at radius 2 is 1.91 bits per heavy atom. The highest BCUT2D eigenvalue weighted by atomic mass is 35.5. The van der Waals surface area contributed by atoms with Gasteiger partial charge in [-0.15, -0.1) is 0 Å². The summed E-state index contributed by atoms with van der Waals surface area (Å²) in [6, 6.07) is 10.2. The van der Waals surface area contributed by atoms with Crippen LogP contribution in [0.15, 0.2) is 41.3 Å². The molecule has 1 N–H and O–H groups in total. The van der Waals surface area contributed by atoms with Gasteiger partial charge in [0.15, 0.2) is 5.82 Å². The van der Waals surface area contributed by atoms with Crippen molar-refractivity contribution in [3.63, 3.8) is 0 Å². The fourth-order valence-electron chi connectivity index (χ4n) is 3.88. The van der Waals surface area contributed by atoms with E-state index in [-0.39, 0.29) is 34.5 Å². The Labute approximate surface area is 203 Å². The third kappa shape index (κ3) is 5.66. The highest BCUT2D eigenvalue weighted by Crippen LogP contribution is 2.41. The average Bonchev–Trinajstić information content (AvgIpc) is 3.68. The van der Waals surface area contributed by atoms with E-state index in [1.807, 2.05) is 30.3 Å². The number of hydrogen-bond acceptors (Lipinski definition) is 8. The number of rotatable bonds is 11. The number of hydrogen-bond donors (Lipinski definition) is 1. The minimum atomic E-state index is -0.276. The first kappa shape index (κ1) is 24.0. The number of aryl methyl sites for hydroxylation is 1. The number of nitrogens with one attached hydrogen (secondary N) is 1. The molecular formula is C24H28ClN5O4. The lowest BCUT2D eigenvalue weighted by molar-refractivity contribution is 0.105. The fraction of sp³-hybridized carbons (Fsp3) is 0.417. The topological polar surface area (TPSA) is 100 Å². The zero-order chi connectivity index (χ0) is 24.1. The van der Waals surface area contributed by atoms with Gasteiger partial charge in [-0.1, -0.05) is 41.9 Å². The quantitative estimate of drug-likeness (QED) is 0.401. The lowest BCUT2D eigenvalue weighted by atomic mass is 10.1. The third-order valence-corrected chi connectivity index (χ3v) is 5.93. The summed E-state index contributed by atoms with van der Waals surface area (Å²) in [6.07, 6.45) is 4.44. The van der Waals surface area contributed by atoms with Crippen molar-refractivity contribution in [1.29, 1.82) is 0 Å². The molecule has 0 aliphatic heterocycles. The Morgan fingerprint density at radius 1 is 1.15 bits per heavy atom. The molecule has 1 aliphatic rings. The molecule has 0 spiro atoms. The van der Waals surface area contributed by atoms with Crippen molar-refractivity contribution in [3.8, 4) is 11.9 Å². The van der Waals surface area contributed by atoms with E-state index in [2.05, 4.69) is 20.3 Å². The van der Waals surface area contributed by atoms with Crippen molar-refractivity contribution in [2.24, 2.45) is 5.92 Å². The van der Waals surface area contributed by atoms with Crippen LogP contribution < -0.4 is 20.3 Å². The van der Waals surface area contributed by atoms with Crippen molar-refractivity contribution in [2.75, 3.05) is 26.1 Å². The van der Waals surface area contributed by atoms with E-state index in [9.17, 15) is 4.79 Å². The van der Waals surface area contributed by atoms with Crippen LogP contribution in [0.25, 0.3) is 0 Å². The first-order valence-electron chi connectivity index (χ1n) is 11.1. The fourth-order valence-corrected chi connectivity index (χ4v) is 4.07. The molecule has 1 aliphatic carbocycles. The van der Waals surface area contributed by atoms with Crippen molar-refractivity contribution in [1.82, 2.24) is 19.5 Å². The van der Waals surface area contributed by atoms with E-state index < -0.39 is 0 Å². The van der Waals surface area contributed by atoms with Crippen LogP contribution in [-0.2, 0) is 11.3 Å². The van der Waals surface area contributed by atoms with Gasteiger partial charge in [-0.05, 0) is 37.7 Å². The van der Waals surface area contributed by atoms with Crippen molar-refractivity contribution >= 4 is 23.1 Å². The van der Waals surface area contributed by atoms with E-state index in [0.717, 1.165) is 18.4 Å². The summed E-state index contributed by atoms with van der Waals surface area (Å²) in [5, 5.41) is 3.24. The monoisotopic (exact) mass is 485 g/mol. The second kappa shape index (κ2) is 10.8. The maximum atomic E-state index is 13.4. The molecule has 1 saturated carbocycles. The number of aromatic nitrogens is 4. The maximum absolute atomic E-state index is 13.4. The van der Waals surface area contributed by atoms with E-state index in [4.69, 9.17) is 25.8 Å². The molecule has 0 amide bonds. The van der Waals surface area contributed by atoms with Gasteiger partial charge in [0.05, 0.1) is 26.5 Å². The molecule has 9 nitrogen and oxygen atoms in total. The van der Waals surface area contributed by atoms with E-state index in [1.54, 1.807) is 17.7 Å². The molecule has 180 valence electrons. The summed E-state index contributed by atoms with van der Waals surface area (Å²) in [7, 11) is 2.95. The molecule has 4 rings (SSSR count). The Bertz CT molecular complexity index is 1180. The van der Waals surface area contributed by atoms with E-state index >= 15 is 0 Å². The lowest BCUT2D eigenvalue weighted by Crippen LogP contribution is -2.29. The zero-order valence-corrected chi connectivity index (χ0v) is 20.2. The van der Waals surface area contributed by atoms with Crippen LogP contribution in [0.1, 0.15) is 36.6 Å². The SMILES string of the molecule is COc1nc(C)c(Nc2nc(Cl)cn(C(CCOCc3ccccc3)C3CC3)c2=O)c(OC)n1. The van der Waals surface area contributed by atoms with Crippen LogP contribution in [0.3, 0.4) is 0 Å². The van der Waals surface area contributed by atoms with Gasteiger partial charge in [0, 0.05) is 18.8 Å². The van der Waals surface area contributed by atoms with Crippen LogP contribution in [0.5, 0.6) is 11.9 Å². The lowest BCUT2D eigenvalue weighted by Gasteiger charge is -2.21. The zero-order valence-electron chi connectivity index (χ0n) is 19.5. The van der Waals surface area contributed by atoms with Gasteiger partial charge < -0.3 is 24.1 Å². The number of nitrogens with zero attached hydrogens (tertiary/aromatic N) is 4. The van der Waals surface area contributed by atoms with Crippen molar-refractivity contribution in [2.45, 2.75) is 38.8 Å². The molecule has 2 heterocycles. The van der Waals surface area contributed by atoms with Gasteiger partial charge in [-0.25, -0.2) is 4.98 Å². The number of methoxy groups -OCH3 is 2. The molecular weight excluding hydrogens is 458 g/mol. The Kier molecular flexibility index (Phi) is 7.64. The second-order valence-corrected chi connectivity index (χ2v) is 8.55. The first-order valence-corrected chi connectivity index (χ1v) is 11.5. The van der Waals surface area contributed by atoms with Crippen molar-refractivity contribution in [3.05, 3.63) is 63.3 Å². The molecule has 1 unspecified atom stereocenters. The summed E-state index contributed by atoms with van der Waals surface area (Å²) < 4.78 is 18.0. The molecule has 1 aromatic carbocycles. The standard InChI is InChI=1S/C24H28ClN5O4/c1-15-20(22(32-2)29-24(26-15)33-3)28-21-23(31)30(13-19(25)27-21)18(17-9-10-17)11-12-34-14-16-7-5-4-6-8-16/h4-8,13,17-18H,9-12,14H2,1-3H3,(H,27,28). The minimum absolute atomic E-state index is 0.0283. The summed E-state index contributed by atoms with van der Waals surface area (Å²) in [5.74, 6) is 0.730. The van der Waals surface area contributed by atoms with Gasteiger partial charge in [0.25, 0.3) is 5.56 Å². The maximum Gasteiger partial charge on any atom is 0.319 e. The van der Waals surface area contributed by atoms with Gasteiger partial charge in [0.1, 0.15) is 10.8 Å². The molecule has 0 bridgehead atoms. The number of anilines is 2. The Hall–Kier alpha value is -3.17. The molecule has 3 aromatic rings. The van der Waals surface area contributed by atoms with Crippen LogP contribution >= 0.6 is 11.6 Å². The van der Waals surface area contributed by atoms with Gasteiger partial charge in [-0.3, -0.25) is 4.79 Å². The summed E-state index contributed by atoms with van der Waals surface area (Å²) in [4.78, 5) is 26.1. The highest BCUT2D eigenvalue weighted by molar-refractivity contribution is 6.29. The van der Waals surface area contributed by atoms with Crippen LogP contribution in [0.2, 0.25) is 5.15 Å². The predicted molar refractivity (Wildman–Crippen MR) is 129 cm³/mol. The Balaban J connectivity index is 1.55. The molecule has 0 radical (unpaired) electrons. The molecule has 10 heteroatoms. The van der Waals surface area contributed by atoms with E-state index in [0.29, 0.717) is 36.9 Å². The predicted octanol–water partition coefficient (Wildman–Crippen LogP) is 4.31. The largest absolute Gasteiger partial charge is 0.479 e. The molecule has 0 saturated heterocycles.